The van der Waals surface area contributed by atoms with Crippen molar-refractivity contribution in [1.82, 2.24) is 0 Å². The zero-order chi connectivity index (χ0) is 8.55. The van der Waals surface area contributed by atoms with Crippen LogP contribution in [-0.4, -0.2) is 12.3 Å². The van der Waals surface area contributed by atoms with Crippen molar-refractivity contribution in [2.45, 2.75) is 5.20 Å². The van der Waals surface area contributed by atoms with Gasteiger partial charge in [0.25, 0.3) is 5.20 Å². The number of fused-ring (bicyclic) bond motifs is 1. The predicted molar refractivity (Wildman–Crippen MR) is 47.0 cm³/mol. The molecule has 12 heavy (non-hydrogen) atoms. The van der Waals surface area contributed by atoms with Gasteiger partial charge in [0.05, 0.1) is 7.11 Å². The Labute approximate surface area is 78.4 Å². The largest absolute Gasteiger partial charge is 0.493 e. The minimum absolute atomic E-state index is 0.399. The van der Waals surface area contributed by atoms with Crippen molar-refractivity contribution < 1.29 is 14.2 Å². The molecule has 0 N–H and O–H groups in total. The number of benzene rings is 1. The molecule has 1 aromatic carbocycles. The Hall–Kier alpha value is -0.900. The van der Waals surface area contributed by atoms with Gasteiger partial charge in [-0.2, -0.15) is 0 Å². The van der Waals surface area contributed by atoms with E-state index in [1.165, 1.54) is 0 Å². The van der Waals surface area contributed by atoms with Gasteiger partial charge in [0.15, 0.2) is 11.5 Å². The van der Waals surface area contributed by atoms with E-state index in [0.29, 0.717) is 17.2 Å². The first-order valence-corrected chi connectivity index (χ1v) is 4.37. The van der Waals surface area contributed by atoms with Crippen molar-refractivity contribution in [3.8, 4) is 17.2 Å². The fourth-order valence-electron chi connectivity index (χ4n) is 1.08. The number of hydrogen-bond acceptors (Lipinski definition) is 3. The Morgan fingerprint density at radius 1 is 1.42 bits per heavy atom. The molecule has 1 aliphatic heterocycles. The molecule has 64 valence electrons. The molecule has 1 aromatic rings. The Kier molecular flexibility index (Phi) is 1.84. The third-order valence-electron chi connectivity index (χ3n) is 1.59. The maximum Gasteiger partial charge on any atom is 0.298 e. The molecule has 1 aliphatic rings. The van der Waals surface area contributed by atoms with Gasteiger partial charge in [-0.25, -0.2) is 0 Å². The van der Waals surface area contributed by atoms with Crippen LogP contribution in [0.2, 0.25) is 0 Å². The van der Waals surface area contributed by atoms with E-state index in [0.717, 1.165) is 0 Å². The molecule has 0 bridgehead atoms. The summed E-state index contributed by atoms with van der Waals surface area (Å²) in [5.41, 5.74) is 0. The summed E-state index contributed by atoms with van der Waals surface area (Å²) in [7, 11) is 1.60. The monoisotopic (exact) mass is 230 g/mol. The van der Waals surface area contributed by atoms with Crippen LogP contribution in [0.1, 0.15) is 0 Å². The molecular formula is C8H7BrO3. The van der Waals surface area contributed by atoms with Gasteiger partial charge >= 0.3 is 0 Å². The van der Waals surface area contributed by atoms with Crippen LogP contribution in [0.25, 0.3) is 0 Å². The van der Waals surface area contributed by atoms with Gasteiger partial charge in [-0.3, -0.25) is 0 Å². The molecule has 0 saturated carbocycles. The minimum Gasteiger partial charge on any atom is -0.493 e. The number of para-hydroxylation sites is 1. The van der Waals surface area contributed by atoms with Crippen LogP contribution >= 0.6 is 15.9 Å². The van der Waals surface area contributed by atoms with Crippen LogP contribution < -0.4 is 14.2 Å². The van der Waals surface area contributed by atoms with Crippen molar-refractivity contribution in [2.24, 2.45) is 0 Å². The number of halogens is 1. The molecule has 0 saturated heterocycles. The molecular weight excluding hydrogens is 224 g/mol. The van der Waals surface area contributed by atoms with Crippen LogP contribution in [0.4, 0.5) is 0 Å². The number of alkyl halides is 1. The summed E-state index contributed by atoms with van der Waals surface area (Å²) in [5.74, 6) is 2.05. The molecule has 0 aromatic heterocycles. The van der Waals surface area contributed by atoms with E-state index in [-0.39, 0.29) is 0 Å². The fraction of sp³-hybridized carbons (Fsp3) is 0.250. The van der Waals surface area contributed by atoms with Crippen LogP contribution in [0.3, 0.4) is 0 Å². The van der Waals surface area contributed by atoms with Gasteiger partial charge in [0.1, 0.15) is 0 Å². The van der Waals surface area contributed by atoms with E-state index in [4.69, 9.17) is 14.2 Å². The molecule has 3 nitrogen and oxygen atoms in total. The van der Waals surface area contributed by atoms with E-state index in [9.17, 15) is 0 Å². The van der Waals surface area contributed by atoms with Crippen molar-refractivity contribution in [2.75, 3.05) is 7.11 Å². The summed E-state index contributed by atoms with van der Waals surface area (Å²) >= 11 is 3.18. The lowest BCUT2D eigenvalue weighted by atomic mass is 10.3. The maximum absolute atomic E-state index is 5.30. The summed E-state index contributed by atoms with van der Waals surface area (Å²) in [4.78, 5) is 0. The van der Waals surface area contributed by atoms with Crippen LogP contribution in [0.5, 0.6) is 17.2 Å². The lowest BCUT2D eigenvalue weighted by Crippen LogP contribution is -2.07. The Morgan fingerprint density at radius 2 is 2.25 bits per heavy atom. The first-order chi connectivity index (χ1) is 5.81. The Balaban J connectivity index is 2.44. The molecule has 1 unspecified atom stereocenters. The second-order valence-corrected chi connectivity index (χ2v) is 3.05. The second-order valence-electron chi connectivity index (χ2n) is 2.30. The lowest BCUT2D eigenvalue weighted by molar-refractivity contribution is 0.140. The van der Waals surface area contributed by atoms with Crippen molar-refractivity contribution in [1.29, 1.82) is 0 Å². The summed E-state index contributed by atoms with van der Waals surface area (Å²) in [6.45, 7) is 0. The van der Waals surface area contributed by atoms with Gasteiger partial charge < -0.3 is 14.2 Å². The number of methoxy groups -OCH3 is 1. The highest BCUT2D eigenvalue weighted by atomic mass is 79.9. The second kappa shape index (κ2) is 2.86. The minimum atomic E-state index is -0.399. The highest BCUT2D eigenvalue weighted by molar-refractivity contribution is 9.09. The SMILES string of the molecule is COc1cccc2c1OC(Br)O2. The topological polar surface area (TPSA) is 27.7 Å². The van der Waals surface area contributed by atoms with Gasteiger partial charge in [-0.15, -0.1) is 0 Å². The number of hydrogen-bond donors (Lipinski definition) is 0. The molecule has 0 spiro atoms. The van der Waals surface area contributed by atoms with E-state index in [2.05, 4.69) is 15.9 Å². The van der Waals surface area contributed by atoms with E-state index < -0.39 is 5.20 Å². The highest BCUT2D eigenvalue weighted by Gasteiger charge is 2.24. The third kappa shape index (κ3) is 1.12. The standard InChI is InChI=1S/C8H7BrO3/c1-10-5-3-2-4-6-7(5)12-8(9)11-6/h2-4,8H,1H3. The average molecular weight is 231 g/mol. The summed E-state index contributed by atoms with van der Waals surface area (Å²) < 4.78 is 15.6. The van der Waals surface area contributed by atoms with E-state index in [1.807, 2.05) is 18.2 Å². The van der Waals surface area contributed by atoms with Gasteiger partial charge in [0, 0.05) is 15.9 Å². The number of rotatable bonds is 1. The van der Waals surface area contributed by atoms with Crippen molar-refractivity contribution in [3.63, 3.8) is 0 Å². The Bertz CT molecular complexity index is 300. The summed E-state index contributed by atoms with van der Waals surface area (Å²) in [6, 6.07) is 5.51. The van der Waals surface area contributed by atoms with Gasteiger partial charge in [0.2, 0.25) is 5.75 Å². The first-order valence-electron chi connectivity index (χ1n) is 3.45. The van der Waals surface area contributed by atoms with Crippen LogP contribution in [0, 0.1) is 0 Å². The maximum atomic E-state index is 5.30. The lowest BCUT2D eigenvalue weighted by Gasteiger charge is -2.02. The zero-order valence-electron chi connectivity index (χ0n) is 6.41. The highest BCUT2D eigenvalue weighted by Crippen LogP contribution is 2.43. The third-order valence-corrected chi connectivity index (χ3v) is 1.97. The van der Waals surface area contributed by atoms with Crippen LogP contribution in [-0.2, 0) is 0 Å². The van der Waals surface area contributed by atoms with Crippen molar-refractivity contribution >= 4 is 15.9 Å². The zero-order valence-corrected chi connectivity index (χ0v) is 8.00. The Morgan fingerprint density at radius 3 is 3.00 bits per heavy atom. The average Bonchev–Trinajstić information content (AvgIpc) is 2.44. The summed E-state index contributed by atoms with van der Waals surface area (Å²) in [6.07, 6.45) is 0. The molecule has 0 radical (unpaired) electrons. The molecule has 1 atom stereocenters. The van der Waals surface area contributed by atoms with Crippen molar-refractivity contribution in [3.05, 3.63) is 18.2 Å². The first kappa shape index (κ1) is 7.73. The van der Waals surface area contributed by atoms with Crippen LogP contribution in [0.15, 0.2) is 18.2 Å². The van der Waals surface area contributed by atoms with Gasteiger partial charge in [-0.1, -0.05) is 6.07 Å². The number of ether oxygens (including phenoxy) is 3. The molecule has 1 heterocycles. The molecule has 0 amide bonds. The normalized spacial score (nSPS) is 19.3. The molecule has 4 heteroatoms. The van der Waals surface area contributed by atoms with E-state index >= 15 is 0 Å². The molecule has 0 aliphatic carbocycles. The van der Waals surface area contributed by atoms with Gasteiger partial charge in [-0.05, 0) is 12.1 Å². The smallest absolute Gasteiger partial charge is 0.298 e. The quantitative estimate of drug-likeness (QED) is 0.693. The molecule has 2 rings (SSSR count). The predicted octanol–water partition coefficient (Wildman–Crippen LogP) is 2.14. The fourth-order valence-corrected chi connectivity index (χ4v) is 1.47. The molecule has 0 fully saturated rings. The summed E-state index contributed by atoms with van der Waals surface area (Å²) in [5, 5.41) is -0.399. The van der Waals surface area contributed by atoms with E-state index in [1.54, 1.807) is 7.11 Å².